The van der Waals surface area contributed by atoms with E-state index in [4.69, 9.17) is 10.2 Å². The van der Waals surface area contributed by atoms with Gasteiger partial charge >= 0.3 is 11.9 Å². The molecule has 0 rings (SSSR count). The maximum absolute atomic E-state index is 10.9. The van der Waals surface area contributed by atoms with Crippen molar-refractivity contribution >= 4 is 11.9 Å². The lowest BCUT2D eigenvalue weighted by Gasteiger charge is -2.08. The van der Waals surface area contributed by atoms with Gasteiger partial charge in [0.1, 0.15) is 0 Å². The lowest BCUT2D eigenvalue weighted by atomic mass is 9.98. The minimum atomic E-state index is -0.700. The van der Waals surface area contributed by atoms with Crippen LogP contribution in [0.1, 0.15) is 110 Å². The molecule has 0 aliphatic rings. The van der Waals surface area contributed by atoms with Gasteiger partial charge in [0, 0.05) is 19.3 Å². The van der Waals surface area contributed by atoms with Crippen molar-refractivity contribution in [3.8, 4) is 23.7 Å². The molecule has 4 nitrogen and oxygen atoms in total. The van der Waals surface area contributed by atoms with Crippen molar-refractivity contribution in [3.63, 3.8) is 0 Å². The van der Waals surface area contributed by atoms with Crippen LogP contribution >= 0.6 is 0 Å². The largest absolute Gasteiger partial charge is 0.481 e. The molecule has 0 aliphatic carbocycles. The standard InChI is InChI=1S/C24H38O4/c1-2-22(24(27)28)20-18-16-14-12-10-8-6-4-3-5-7-9-11-13-15-17-19-21-23(25)26/h22H,2,7-21H2,1H3,(H,25,26)(H,27,28). The molecule has 0 spiro atoms. The van der Waals surface area contributed by atoms with Gasteiger partial charge in [-0.1, -0.05) is 70.1 Å². The van der Waals surface area contributed by atoms with Crippen LogP contribution in [-0.2, 0) is 9.59 Å². The van der Waals surface area contributed by atoms with Crippen LogP contribution in [0.5, 0.6) is 0 Å². The number of carboxylic acids is 2. The zero-order valence-electron chi connectivity index (χ0n) is 17.6. The molecule has 0 saturated heterocycles. The van der Waals surface area contributed by atoms with Crippen LogP contribution in [0.2, 0.25) is 0 Å². The first-order valence-electron chi connectivity index (χ1n) is 11.0. The maximum Gasteiger partial charge on any atom is 0.306 e. The number of unbranched alkanes of at least 4 members (excludes halogenated alkanes) is 11. The van der Waals surface area contributed by atoms with Crippen LogP contribution in [0.3, 0.4) is 0 Å². The van der Waals surface area contributed by atoms with Crippen molar-refractivity contribution in [3.05, 3.63) is 0 Å². The fourth-order valence-electron chi connectivity index (χ4n) is 3.05. The Labute approximate surface area is 171 Å². The highest BCUT2D eigenvalue weighted by Crippen LogP contribution is 2.15. The predicted octanol–water partition coefficient (Wildman–Crippen LogP) is 6.04. The monoisotopic (exact) mass is 390 g/mol. The molecule has 0 aromatic rings. The maximum atomic E-state index is 10.9. The molecule has 2 N–H and O–H groups in total. The second-order valence-electron chi connectivity index (χ2n) is 7.37. The Hall–Kier alpha value is -1.94. The number of hydrogen-bond donors (Lipinski definition) is 2. The molecule has 1 unspecified atom stereocenters. The molecule has 0 radical (unpaired) electrons. The Morgan fingerprint density at radius 2 is 1.18 bits per heavy atom. The normalized spacial score (nSPS) is 11.0. The molecular weight excluding hydrogens is 352 g/mol. The van der Waals surface area contributed by atoms with E-state index in [0.29, 0.717) is 0 Å². The van der Waals surface area contributed by atoms with Gasteiger partial charge in [-0.3, -0.25) is 9.59 Å². The van der Waals surface area contributed by atoms with E-state index in [-0.39, 0.29) is 12.3 Å². The predicted molar refractivity (Wildman–Crippen MR) is 114 cm³/mol. The SMILES string of the molecule is CCC(CCCCCCCC#CC#CCCCCCCCCC(=O)O)C(=O)O. The lowest BCUT2D eigenvalue weighted by molar-refractivity contribution is -0.142. The van der Waals surface area contributed by atoms with Gasteiger partial charge in [-0.05, 0) is 43.9 Å². The van der Waals surface area contributed by atoms with Gasteiger partial charge in [0.15, 0.2) is 0 Å². The quantitative estimate of drug-likeness (QED) is 0.234. The topological polar surface area (TPSA) is 74.6 Å². The summed E-state index contributed by atoms with van der Waals surface area (Å²) >= 11 is 0. The van der Waals surface area contributed by atoms with Crippen molar-refractivity contribution in [1.82, 2.24) is 0 Å². The summed E-state index contributed by atoms with van der Waals surface area (Å²) in [6, 6.07) is 0. The van der Waals surface area contributed by atoms with Gasteiger partial charge in [0.25, 0.3) is 0 Å². The average Bonchev–Trinajstić information content (AvgIpc) is 2.66. The summed E-state index contributed by atoms with van der Waals surface area (Å²) in [5.74, 6) is 10.5. The second-order valence-corrected chi connectivity index (χ2v) is 7.37. The van der Waals surface area contributed by atoms with Crippen LogP contribution in [-0.4, -0.2) is 22.2 Å². The molecular formula is C24H38O4. The molecule has 1 atom stereocenters. The average molecular weight is 391 g/mol. The minimum absolute atomic E-state index is 0.173. The van der Waals surface area contributed by atoms with E-state index in [9.17, 15) is 9.59 Å². The van der Waals surface area contributed by atoms with E-state index >= 15 is 0 Å². The fourth-order valence-corrected chi connectivity index (χ4v) is 3.05. The molecule has 0 saturated carbocycles. The van der Waals surface area contributed by atoms with E-state index in [1.807, 2.05) is 6.92 Å². The number of rotatable bonds is 17. The van der Waals surface area contributed by atoms with Gasteiger partial charge in [0.2, 0.25) is 0 Å². The Balaban J connectivity index is 3.40. The van der Waals surface area contributed by atoms with E-state index in [1.54, 1.807) is 0 Å². The summed E-state index contributed by atoms with van der Waals surface area (Å²) in [5, 5.41) is 17.5. The summed E-state index contributed by atoms with van der Waals surface area (Å²) in [6.45, 7) is 1.94. The van der Waals surface area contributed by atoms with E-state index in [0.717, 1.165) is 96.3 Å². The number of hydrogen-bond acceptors (Lipinski definition) is 2. The van der Waals surface area contributed by atoms with E-state index in [2.05, 4.69) is 23.7 Å². The fraction of sp³-hybridized carbons (Fsp3) is 0.750. The molecule has 0 aromatic carbocycles. The van der Waals surface area contributed by atoms with Crippen LogP contribution in [0, 0.1) is 29.6 Å². The highest BCUT2D eigenvalue weighted by Gasteiger charge is 2.13. The molecule has 0 bridgehead atoms. The van der Waals surface area contributed by atoms with E-state index in [1.165, 1.54) is 0 Å². The lowest BCUT2D eigenvalue weighted by Crippen LogP contribution is -2.12. The van der Waals surface area contributed by atoms with Gasteiger partial charge in [-0.25, -0.2) is 0 Å². The van der Waals surface area contributed by atoms with Crippen LogP contribution in [0.4, 0.5) is 0 Å². The van der Waals surface area contributed by atoms with Gasteiger partial charge in [-0.15, -0.1) is 0 Å². The molecule has 0 aliphatic heterocycles. The first-order chi connectivity index (χ1) is 13.6. The molecule has 0 fully saturated rings. The first-order valence-corrected chi connectivity index (χ1v) is 11.0. The Morgan fingerprint density at radius 3 is 1.64 bits per heavy atom. The molecule has 4 heteroatoms. The van der Waals surface area contributed by atoms with Crippen molar-refractivity contribution in [2.24, 2.45) is 5.92 Å². The van der Waals surface area contributed by atoms with Crippen molar-refractivity contribution in [2.45, 2.75) is 110 Å². The number of aliphatic carboxylic acids is 2. The first kappa shape index (κ1) is 26.1. The summed E-state index contributed by atoms with van der Waals surface area (Å²) < 4.78 is 0. The molecule has 0 heterocycles. The minimum Gasteiger partial charge on any atom is -0.481 e. The highest BCUT2D eigenvalue weighted by molar-refractivity contribution is 5.69. The van der Waals surface area contributed by atoms with Gasteiger partial charge < -0.3 is 10.2 Å². The molecule has 0 amide bonds. The molecule has 0 aromatic heterocycles. The van der Waals surface area contributed by atoms with Crippen molar-refractivity contribution < 1.29 is 19.8 Å². The van der Waals surface area contributed by atoms with Crippen molar-refractivity contribution in [1.29, 1.82) is 0 Å². The number of carbonyl (C=O) groups is 2. The zero-order valence-corrected chi connectivity index (χ0v) is 17.6. The highest BCUT2D eigenvalue weighted by atomic mass is 16.4. The van der Waals surface area contributed by atoms with Crippen LogP contribution < -0.4 is 0 Å². The summed E-state index contributed by atoms with van der Waals surface area (Å²) in [5.41, 5.74) is 0. The third kappa shape index (κ3) is 18.8. The van der Waals surface area contributed by atoms with Gasteiger partial charge in [-0.2, -0.15) is 0 Å². The summed E-state index contributed by atoms with van der Waals surface area (Å²) in [4.78, 5) is 21.3. The Bertz CT molecular complexity index is 530. The summed E-state index contributed by atoms with van der Waals surface area (Å²) in [6.07, 6.45) is 15.4. The van der Waals surface area contributed by atoms with Gasteiger partial charge in [0.05, 0.1) is 5.92 Å². The molecule has 28 heavy (non-hydrogen) atoms. The van der Waals surface area contributed by atoms with E-state index < -0.39 is 11.9 Å². The molecule has 158 valence electrons. The second kappa shape index (κ2) is 19.8. The number of carboxylic acid groups (broad SMARTS) is 2. The van der Waals surface area contributed by atoms with Crippen LogP contribution in [0.15, 0.2) is 0 Å². The third-order valence-electron chi connectivity index (χ3n) is 4.88. The Morgan fingerprint density at radius 1 is 0.714 bits per heavy atom. The summed E-state index contributed by atoms with van der Waals surface area (Å²) in [7, 11) is 0. The third-order valence-corrected chi connectivity index (χ3v) is 4.88. The zero-order chi connectivity index (χ0) is 20.9. The smallest absolute Gasteiger partial charge is 0.306 e. The Kier molecular flexibility index (Phi) is 18.4. The van der Waals surface area contributed by atoms with Crippen LogP contribution in [0.25, 0.3) is 0 Å². The van der Waals surface area contributed by atoms with Crippen molar-refractivity contribution in [2.75, 3.05) is 0 Å².